The van der Waals surface area contributed by atoms with E-state index in [9.17, 15) is 13.2 Å². The molecule has 1 aliphatic heterocycles. The van der Waals surface area contributed by atoms with Gasteiger partial charge in [0.2, 0.25) is 10.0 Å². The number of hydrogen-bond donors (Lipinski definition) is 1. The van der Waals surface area contributed by atoms with E-state index in [1.165, 1.54) is 36.7 Å². The second-order valence-corrected chi connectivity index (χ2v) is 7.20. The van der Waals surface area contributed by atoms with Crippen molar-refractivity contribution in [2.75, 3.05) is 27.2 Å². The number of likely N-dealkylation sites (N-methyl/N-ethyl adjacent to an activating group) is 1. The lowest BCUT2D eigenvalue weighted by atomic mass is 10.2. The first-order chi connectivity index (χ1) is 9.87. The molecule has 1 aromatic carbocycles. The molecule has 1 aromatic rings. The van der Waals surface area contributed by atoms with Crippen LogP contribution >= 0.6 is 11.6 Å². The fraction of sp³-hybridized carbons (Fsp3) is 0.462. The molecule has 0 aliphatic carbocycles. The van der Waals surface area contributed by atoms with Crippen LogP contribution in [0.15, 0.2) is 23.1 Å². The van der Waals surface area contributed by atoms with Crippen LogP contribution in [-0.4, -0.2) is 52.0 Å². The Labute approximate surface area is 129 Å². The molecule has 116 valence electrons. The third-order valence-electron chi connectivity index (χ3n) is 3.55. The Kier molecular flexibility index (Phi) is 4.88. The molecule has 0 spiro atoms. The number of sulfonamides is 1. The maximum absolute atomic E-state index is 12.7. The van der Waals surface area contributed by atoms with Crippen LogP contribution in [-0.2, 0) is 14.8 Å². The minimum atomic E-state index is -3.82. The summed E-state index contributed by atoms with van der Waals surface area (Å²) in [6, 6.07) is 3.97. The van der Waals surface area contributed by atoms with Gasteiger partial charge in [0.05, 0.1) is 17.6 Å². The lowest BCUT2D eigenvalue weighted by Gasteiger charge is -2.24. The molecule has 0 radical (unpaired) electrons. The van der Waals surface area contributed by atoms with Crippen molar-refractivity contribution in [3.05, 3.63) is 28.8 Å². The van der Waals surface area contributed by atoms with E-state index in [0.717, 1.165) is 13.0 Å². The molecule has 1 unspecified atom stereocenters. The molecule has 0 amide bonds. The quantitative estimate of drug-likeness (QED) is 0.836. The van der Waals surface area contributed by atoms with Crippen molar-refractivity contribution in [3.8, 4) is 0 Å². The van der Waals surface area contributed by atoms with Crippen molar-refractivity contribution in [1.82, 2.24) is 9.62 Å². The van der Waals surface area contributed by atoms with Gasteiger partial charge < -0.3 is 10.1 Å². The SMILES string of the molecule is COC(=O)c1ccc(Cl)cc1S(=O)(=O)N(C)C1CCNC1. The summed E-state index contributed by atoms with van der Waals surface area (Å²) in [5.74, 6) is -0.705. The number of methoxy groups -OCH3 is 1. The molecule has 6 nitrogen and oxygen atoms in total. The third-order valence-corrected chi connectivity index (χ3v) is 5.74. The van der Waals surface area contributed by atoms with Gasteiger partial charge in [-0.2, -0.15) is 4.31 Å². The molecule has 1 atom stereocenters. The molecule has 1 saturated heterocycles. The number of ether oxygens (including phenoxy) is 1. The van der Waals surface area contributed by atoms with Gasteiger partial charge in [0.1, 0.15) is 0 Å². The average molecular weight is 333 g/mol. The zero-order valence-electron chi connectivity index (χ0n) is 11.8. The van der Waals surface area contributed by atoms with E-state index in [-0.39, 0.29) is 21.5 Å². The Hall–Kier alpha value is -1.15. The summed E-state index contributed by atoms with van der Waals surface area (Å²) in [6.45, 7) is 1.35. The van der Waals surface area contributed by atoms with Gasteiger partial charge in [-0.1, -0.05) is 11.6 Å². The molecule has 0 saturated carbocycles. The van der Waals surface area contributed by atoms with Gasteiger partial charge in [-0.05, 0) is 31.2 Å². The van der Waals surface area contributed by atoms with Crippen molar-refractivity contribution in [1.29, 1.82) is 0 Å². The monoisotopic (exact) mass is 332 g/mol. The Morgan fingerprint density at radius 3 is 2.76 bits per heavy atom. The molecule has 1 N–H and O–H groups in total. The number of nitrogens with zero attached hydrogens (tertiary/aromatic N) is 1. The number of nitrogens with one attached hydrogen (secondary N) is 1. The summed E-state index contributed by atoms with van der Waals surface area (Å²) >= 11 is 5.89. The van der Waals surface area contributed by atoms with Gasteiger partial charge in [0, 0.05) is 24.7 Å². The van der Waals surface area contributed by atoms with E-state index in [1.807, 2.05) is 0 Å². The van der Waals surface area contributed by atoms with Gasteiger partial charge in [-0.3, -0.25) is 0 Å². The molecule has 0 bridgehead atoms. The predicted octanol–water partition coefficient (Wildman–Crippen LogP) is 1.11. The van der Waals surface area contributed by atoms with Crippen LogP contribution in [0.25, 0.3) is 0 Å². The number of esters is 1. The smallest absolute Gasteiger partial charge is 0.339 e. The second-order valence-electron chi connectivity index (χ2n) is 4.80. The highest BCUT2D eigenvalue weighted by molar-refractivity contribution is 7.89. The first-order valence-corrected chi connectivity index (χ1v) is 8.26. The van der Waals surface area contributed by atoms with Crippen molar-refractivity contribution in [2.24, 2.45) is 0 Å². The van der Waals surface area contributed by atoms with Gasteiger partial charge in [-0.25, -0.2) is 13.2 Å². The summed E-state index contributed by atoms with van der Waals surface area (Å²) < 4.78 is 31.4. The molecule has 8 heteroatoms. The lowest BCUT2D eigenvalue weighted by Crippen LogP contribution is -2.38. The minimum Gasteiger partial charge on any atom is -0.465 e. The van der Waals surface area contributed by atoms with Crippen LogP contribution in [0.4, 0.5) is 0 Å². The van der Waals surface area contributed by atoms with Gasteiger partial charge in [0.15, 0.2) is 0 Å². The largest absolute Gasteiger partial charge is 0.465 e. The van der Waals surface area contributed by atoms with Crippen LogP contribution in [0.2, 0.25) is 5.02 Å². The topological polar surface area (TPSA) is 75.7 Å². The normalized spacial score (nSPS) is 19.0. The summed E-state index contributed by atoms with van der Waals surface area (Å²) in [5.41, 5.74) is -0.0142. The molecule has 0 aromatic heterocycles. The maximum Gasteiger partial charge on any atom is 0.339 e. The molecular formula is C13H17ClN2O4S. The highest BCUT2D eigenvalue weighted by Crippen LogP contribution is 2.26. The van der Waals surface area contributed by atoms with Crippen molar-refractivity contribution in [2.45, 2.75) is 17.4 Å². The first kappa shape index (κ1) is 16.2. The molecule has 1 heterocycles. The maximum atomic E-state index is 12.7. The van der Waals surface area contributed by atoms with Crippen LogP contribution < -0.4 is 5.32 Å². The fourth-order valence-electron chi connectivity index (χ4n) is 2.29. The van der Waals surface area contributed by atoms with Gasteiger partial charge >= 0.3 is 5.97 Å². The predicted molar refractivity (Wildman–Crippen MR) is 79.0 cm³/mol. The Bertz CT molecular complexity index is 642. The second kappa shape index (κ2) is 6.31. The van der Waals surface area contributed by atoms with E-state index in [1.54, 1.807) is 0 Å². The molecular weight excluding hydrogens is 316 g/mol. The molecule has 2 rings (SSSR count). The number of rotatable bonds is 4. The highest BCUT2D eigenvalue weighted by atomic mass is 35.5. The van der Waals surface area contributed by atoms with Crippen LogP contribution in [0.1, 0.15) is 16.8 Å². The number of hydrogen-bond acceptors (Lipinski definition) is 5. The van der Waals surface area contributed by atoms with Crippen molar-refractivity contribution in [3.63, 3.8) is 0 Å². The van der Waals surface area contributed by atoms with E-state index in [2.05, 4.69) is 10.1 Å². The zero-order valence-corrected chi connectivity index (χ0v) is 13.4. The van der Waals surface area contributed by atoms with E-state index in [0.29, 0.717) is 6.54 Å². The van der Waals surface area contributed by atoms with E-state index in [4.69, 9.17) is 11.6 Å². The number of carbonyl (C=O) groups excluding carboxylic acids is 1. The summed E-state index contributed by atoms with van der Waals surface area (Å²) in [5, 5.41) is 3.36. The average Bonchev–Trinajstić information content (AvgIpc) is 2.99. The lowest BCUT2D eigenvalue weighted by molar-refractivity contribution is 0.0596. The number of carbonyl (C=O) groups is 1. The van der Waals surface area contributed by atoms with E-state index < -0.39 is 16.0 Å². The molecule has 1 aliphatic rings. The van der Waals surface area contributed by atoms with Crippen molar-refractivity contribution < 1.29 is 17.9 Å². The molecule has 21 heavy (non-hydrogen) atoms. The van der Waals surface area contributed by atoms with Crippen LogP contribution in [0.3, 0.4) is 0 Å². The number of halogens is 1. The fourth-order valence-corrected chi connectivity index (χ4v) is 4.11. The molecule has 1 fully saturated rings. The van der Waals surface area contributed by atoms with Gasteiger partial charge in [0.25, 0.3) is 0 Å². The van der Waals surface area contributed by atoms with E-state index >= 15 is 0 Å². The summed E-state index contributed by atoms with van der Waals surface area (Å²) in [6.07, 6.45) is 0.726. The van der Waals surface area contributed by atoms with Crippen LogP contribution in [0, 0.1) is 0 Å². The minimum absolute atomic E-state index is 0.0142. The summed E-state index contributed by atoms with van der Waals surface area (Å²) in [7, 11) is -1.11. The Morgan fingerprint density at radius 2 is 2.19 bits per heavy atom. The highest BCUT2D eigenvalue weighted by Gasteiger charge is 2.33. The zero-order chi connectivity index (χ0) is 15.6. The van der Waals surface area contributed by atoms with Gasteiger partial charge in [-0.15, -0.1) is 0 Å². The number of benzene rings is 1. The summed E-state index contributed by atoms with van der Waals surface area (Å²) in [4.78, 5) is 11.6. The van der Waals surface area contributed by atoms with Crippen molar-refractivity contribution >= 4 is 27.6 Å². The third kappa shape index (κ3) is 3.21. The Morgan fingerprint density at radius 1 is 1.48 bits per heavy atom. The first-order valence-electron chi connectivity index (χ1n) is 6.44. The standard InChI is InChI=1S/C13H17ClN2O4S/c1-16(10-5-6-15-8-10)21(18,19)12-7-9(14)3-4-11(12)13(17)20-2/h3-4,7,10,15H,5-6,8H2,1-2H3. The Balaban J connectivity index is 2.47. The van der Waals surface area contributed by atoms with Crippen LogP contribution in [0.5, 0.6) is 0 Å².